The van der Waals surface area contributed by atoms with Crippen LogP contribution >= 0.6 is 11.6 Å². The molecule has 0 atom stereocenters. The van der Waals surface area contributed by atoms with Crippen molar-refractivity contribution in [1.29, 1.82) is 0 Å². The number of alkyl halides is 4. The maximum Gasteiger partial charge on any atom is 0.432 e. The molecule has 0 unspecified atom stereocenters. The predicted molar refractivity (Wildman–Crippen MR) is 75.8 cm³/mol. The zero-order valence-electron chi connectivity index (χ0n) is 11.0. The molecule has 1 N–H and O–H groups in total. The largest absolute Gasteiger partial charge is 0.432 e. The molecule has 0 amide bonds. The van der Waals surface area contributed by atoms with Gasteiger partial charge in [-0.2, -0.15) is 13.2 Å². The van der Waals surface area contributed by atoms with E-state index in [1.165, 1.54) is 16.7 Å². The molecular formula is C14H9ClF3N3O. The zero-order chi connectivity index (χ0) is 15.9. The molecule has 0 fully saturated rings. The van der Waals surface area contributed by atoms with Gasteiger partial charge in [0.1, 0.15) is 5.69 Å². The van der Waals surface area contributed by atoms with Gasteiger partial charge in [-0.05, 0) is 34.9 Å². The van der Waals surface area contributed by atoms with Crippen LogP contribution in [0.3, 0.4) is 0 Å². The van der Waals surface area contributed by atoms with Gasteiger partial charge >= 0.3 is 6.18 Å². The minimum Gasteiger partial charge on any atom is -0.285 e. The molecule has 0 spiro atoms. The smallest absolute Gasteiger partial charge is 0.285 e. The van der Waals surface area contributed by atoms with E-state index in [1.807, 2.05) is 5.10 Å². The van der Waals surface area contributed by atoms with Crippen LogP contribution in [0.15, 0.2) is 41.3 Å². The molecule has 2 aromatic heterocycles. The van der Waals surface area contributed by atoms with Crippen molar-refractivity contribution in [3.63, 3.8) is 0 Å². The Morgan fingerprint density at radius 2 is 1.86 bits per heavy atom. The van der Waals surface area contributed by atoms with Gasteiger partial charge in [-0.15, -0.1) is 11.6 Å². The molecule has 2 aromatic rings. The minimum absolute atomic E-state index is 0.0511. The van der Waals surface area contributed by atoms with Gasteiger partial charge < -0.3 is 0 Å². The highest BCUT2D eigenvalue weighted by atomic mass is 35.5. The first-order valence-corrected chi connectivity index (χ1v) is 6.76. The maximum absolute atomic E-state index is 12.2. The molecule has 0 aliphatic heterocycles. The summed E-state index contributed by atoms with van der Waals surface area (Å²) >= 11 is 5.55. The van der Waals surface area contributed by atoms with Crippen molar-refractivity contribution in [3.05, 3.63) is 58.1 Å². The first-order chi connectivity index (χ1) is 10.4. The summed E-state index contributed by atoms with van der Waals surface area (Å²) < 4.78 is 37.3. The Morgan fingerprint density at radius 1 is 1.18 bits per heavy atom. The second-order valence-corrected chi connectivity index (χ2v) is 4.96. The van der Waals surface area contributed by atoms with Crippen LogP contribution in [0.4, 0.5) is 13.2 Å². The summed E-state index contributed by atoms with van der Waals surface area (Å²) in [4.78, 5) is 14.7. The van der Waals surface area contributed by atoms with Crippen LogP contribution < -0.4 is 5.56 Å². The van der Waals surface area contributed by atoms with Gasteiger partial charge in [0.2, 0.25) is 0 Å². The van der Waals surface area contributed by atoms with Gasteiger partial charge in [0, 0.05) is 24.2 Å². The third-order valence-corrected chi connectivity index (χ3v) is 3.39. The van der Waals surface area contributed by atoms with Gasteiger partial charge in [-0.25, -0.2) is 9.50 Å². The lowest BCUT2D eigenvalue weighted by molar-refractivity contribution is -0.141. The highest BCUT2D eigenvalue weighted by molar-refractivity contribution is 6.17. The number of hydrogen-bond acceptors (Lipinski definition) is 2. The average Bonchev–Trinajstić information content (AvgIpc) is 2.91. The third kappa shape index (κ3) is 2.85. The number of rotatable bonds is 1. The van der Waals surface area contributed by atoms with Crippen LogP contribution in [-0.2, 0) is 12.1 Å². The quantitative estimate of drug-likeness (QED) is 0.544. The van der Waals surface area contributed by atoms with Gasteiger partial charge in [0.25, 0.3) is 5.56 Å². The number of aromatic nitrogens is 3. The molecule has 0 bridgehead atoms. The number of fused-ring (bicyclic) bond motifs is 2. The highest BCUT2D eigenvalue weighted by Crippen LogP contribution is 2.36. The number of H-pyrrole nitrogens is 1. The molecule has 2 aliphatic rings. The molecule has 0 aromatic carbocycles. The topological polar surface area (TPSA) is 50.2 Å². The second kappa shape index (κ2) is 5.17. The van der Waals surface area contributed by atoms with Crippen LogP contribution in [0.25, 0.3) is 16.8 Å². The molecule has 4 nitrogen and oxygen atoms in total. The lowest BCUT2D eigenvalue weighted by Gasteiger charge is -2.00. The SMILES string of the molecule is ClCc1cc2cc-2c1.O=c1ccnc2cc(C(F)(F)F)[nH]n12. The first kappa shape index (κ1) is 14.6. The molecular weight excluding hydrogens is 319 g/mol. The van der Waals surface area contributed by atoms with E-state index in [9.17, 15) is 18.0 Å². The van der Waals surface area contributed by atoms with E-state index in [4.69, 9.17) is 11.6 Å². The predicted octanol–water partition coefficient (Wildman–Crippen LogP) is 3.45. The van der Waals surface area contributed by atoms with E-state index < -0.39 is 17.4 Å². The summed E-state index contributed by atoms with van der Waals surface area (Å²) in [5, 5.41) is 1.92. The highest BCUT2D eigenvalue weighted by Gasteiger charge is 2.33. The molecule has 0 radical (unpaired) electrons. The van der Waals surface area contributed by atoms with Gasteiger partial charge in [0.05, 0.1) is 0 Å². The monoisotopic (exact) mass is 327 g/mol. The number of halogens is 4. The molecule has 8 heteroatoms. The minimum atomic E-state index is -4.50. The number of nitrogens with zero attached hydrogens (tertiary/aromatic N) is 2. The van der Waals surface area contributed by atoms with E-state index in [0.29, 0.717) is 5.88 Å². The summed E-state index contributed by atoms with van der Waals surface area (Å²) in [6, 6.07) is 8.26. The van der Waals surface area contributed by atoms with Crippen LogP contribution in [-0.4, -0.2) is 14.6 Å². The molecule has 0 saturated carbocycles. The van der Waals surface area contributed by atoms with E-state index in [0.717, 1.165) is 22.8 Å². The van der Waals surface area contributed by atoms with Crippen molar-refractivity contribution in [2.45, 2.75) is 12.1 Å². The normalized spacial score (nSPS) is 12.0. The van der Waals surface area contributed by atoms with E-state index in [1.54, 1.807) is 0 Å². The van der Waals surface area contributed by atoms with Crippen molar-refractivity contribution in [2.75, 3.05) is 0 Å². The van der Waals surface area contributed by atoms with E-state index in [-0.39, 0.29) is 5.65 Å². The summed E-state index contributed by atoms with van der Waals surface area (Å²) in [6.07, 6.45) is -3.34. The standard InChI is InChI=1S/C7H5Cl.C7H4F3N3O/c8-4-5-1-6-3-7(6)2-5;8-7(9,10)4-3-5-11-2-1-6(14)13(5)12-4/h1-3H,4H2;1-3,12H. The number of nitrogens with one attached hydrogen (secondary N) is 1. The first-order valence-electron chi connectivity index (χ1n) is 6.23. The fourth-order valence-electron chi connectivity index (χ4n) is 1.96. The zero-order valence-corrected chi connectivity index (χ0v) is 11.7. The number of aromatic amines is 1. The van der Waals surface area contributed by atoms with E-state index >= 15 is 0 Å². The Hall–Kier alpha value is -2.28. The lowest BCUT2D eigenvalue weighted by Crippen LogP contribution is -2.14. The lowest BCUT2D eigenvalue weighted by atomic mass is 10.4. The Kier molecular flexibility index (Phi) is 3.44. The molecule has 4 rings (SSSR count). The van der Waals surface area contributed by atoms with Crippen molar-refractivity contribution >= 4 is 17.2 Å². The van der Waals surface area contributed by atoms with Gasteiger partial charge in [0.15, 0.2) is 5.65 Å². The van der Waals surface area contributed by atoms with Crippen LogP contribution in [0, 0.1) is 0 Å². The molecule has 22 heavy (non-hydrogen) atoms. The Labute approximate surface area is 127 Å². The number of benzene rings is 1. The van der Waals surface area contributed by atoms with E-state index in [2.05, 4.69) is 23.2 Å². The third-order valence-electron chi connectivity index (χ3n) is 3.08. The summed E-state index contributed by atoms with van der Waals surface area (Å²) in [7, 11) is 0. The Balaban J connectivity index is 0.000000151. The fraction of sp³-hybridized carbons (Fsp3) is 0.143. The van der Waals surface area contributed by atoms with Crippen molar-refractivity contribution in [1.82, 2.24) is 14.6 Å². The van der Waals surface area contributed by atoms with Crippen LogP contribution in [0.5, 0.6) is 0 Å². The molecule has 0 saturated heterocycles. The van der Waals surface area contributed by atoms with Gasteiger partial charge in [-0.3, -0.25) is 9.89 Å². The van der Waals surface area contributed by atoms with Gasteiger partial charge in [-0.1, -0.05) is 0 Å². The number of hydrogen-bond donors (Lipinski definition) is 1. The summed E-state index contributed by atoms with van der Waals surface area (Å²) in [6.45, 7) is 0. The van der Waals surface area contributed by atoms with Crippen molar-refractivity contribution < 1.29 is 13.2 Å². The second-order valence-electron chi connectivity index (χ2n) is 4.70. The summed E-state index contributed by atoms with van der Waals surface area (Å²) in [5.74, 6) is 0.654. The Bertz CT molecular complexity index is 878. The average molecular weight is 328 g/mol. The molecule has 2 aliphatic carbocycles. The fourth-order valence-corrected chi connectivity index (χ4v) is 2.12. The molecule has 2 heterocycles. The van der Waals surface area contributed by atoms with Crippen molar-refractivity contribution in [2.24, 2.45) is 0 Å². The summed E-state index contributed by atoms with van der Waals surface area (Å²) in [5.41, 5.74) is 2.38. The van der Waals surface area contributed by atoms with Crippen molar-refractivity contribution in [3.8, 4) is 11.1 Å². The molecule has 114 valence electrons. The van der Waals surface area contributed by atoms with Crippen LogP contribution in [0.2, 0.25) is 0 Å². The maximum atomic E-state index is 12.2. The Morgan fingerprint density at radius 3 is 2.36 bits per heavy atom. The van der Waals surface area contributed by atoms with Crippen LogP contribution in [0.1, 0.15) is 11.3 Å².